The Labute approximate surface area is 74.2 Å². The van der Waals surface area contributed by atoms with Crippen LogP contribution in [0.1, 0.15) is 26.2 Å². The van der Waals surface area contributed by atoms with E-state index in [4.69, 9.17) is 0 Å². The normalized spacial score (nSPS) is 10.0. The molecule has 0 saturated heterocycles. The average Bonchev–Trinajstić information content (AvgIpc) is 2.04. The first kappa shape index (κ1) is 11.0. The van der Waals surface area contributed by atoms with Crippen LogP contribution in [0.3, 0.4) is 0 Å². The quantitative estimate of drug-likeness (QED) is 0.450. The van der Waals surface area contributed by atoms with Crippen LogP contribution in [0.2, 0.25) is 0 Å². The van der Waals surface area contributed by atoms with Gasteiger partial charge in [0.2, 0.25) is 0 Å². The van der Waals surface area contributed by atoms with Crippen molar-refractivity contribution >= 4 is 18.4 Å². The van der Waals surface area contributed by atoms with Crippen molar-refractivity contribution in [3.63, 3.8) is 0 Å². The van der Waals surface area contributed by atoms with E-state index >= 15 is 0 Å². The van der Waals surface area contributed by atoms with Gasteiger partial charge in [-0.05, 0) is 25.1 Å². The molecule has 0 radical (unpaired) electrons. The fourth-order valence-electron chi connectivity index (χ4n) is 0.715. The zero-order valence-electron chi connectivity index (χ0n) is 7.10. The molecule has 0 unspecified atom stereocenters. The molecule has 0 heterocycles. The summed E-state index contributed by atoms with van der Waals surface area (Å²) in [7, 11) is 0. The Kier molecular flexibility index (Phi) is 8.07. The number of carbonyl (C=O) groups excluding carboxylic acids is 1. The molecule has 0 aliphatic rings. The summed E-state index contributed by atoms with van der Waals surface area (Å²) in [5.74, 6) is 1.22. The minimum absolute atomic E-state index is 0.288. The van der Waals surface area contributed by atoms with Crippen molar-refractivity contribution < 1.29 is 4.79 Å². The van der Waals surface area contributed by atoms with Gasteiger partial charge in [-0.3, -0.25) is 4.79 Å². The van der Waals surface area contributed by atoms with Gasteiger partial charge in [-0.2, -0.15) is 12.6 Å². The predicted molar refractivity (Wildman–Crippen MR) is 51.3 cm³/mol. The van der Waals surface area contributed by atoms with Gasteiger partial charge < -0.3 is 5.32 Å². The standard InChI is InChI=1S/C8H17NOS/c1-2-8(10)7-9-5-3-4-6-11/h9,11H,2-7H2,1H3. The van der Waals surface area contributed by atoms with Gasteiger partial charge in [0.1, 0.15) is 5.78 Å². The number of ketones is 1. The van der Waals surface area contributed by atoms with E-state index in [2.05, 4.69) is 17.9 Å². The monoisotopic (exact) mass is 175 g/mol. The van der Waals surface area contributed by atoms with Crippen molar-refractivity contribution in [3.8, 4) is 0 Å². The summed E-state index contributed by atoms with van der Waals surface area (Å²) < 4.78 is 0. The van der Waals surface area contributed by atoms with Gasteiger partial charge in [0.05, 0.1) is 6.54 Å². The largest absolute Gasteiger partial charge is 0.310 e. The number of hydrogen-bond acceptors (Lipinski definition) is 3. The van der Waals surface area contributed by atoms with Gasteiger partial charge >= 0.3 is 0 Å². The molecule has 0 aromatic carbocycles. The van der Waals surface area contributed by atoms with Crippen LogP contribution in [-0.2, 0) is 4.79 Å². The maximum atomic E-state index is 10.8. The van der Waals surface area contributed by atoms with Crippen LogP contribution in [0.15, 0.2) is 0 Å². The molecule has 0 aliphatic carbocycles. The van der Waals surface area contributed by atoms with E-state index in [1.54, 1.807) is 0 Å². The molecule has 11 heavy (non-hydrogen) atoms. The fourth-order valence-corrected chi connectivity index (χ4v) is 0.938. The van der Waals surface area contributed by atoms with E-state index in [-0.39, 0.29) is 5.78 Å². The highest BCUT2D eigenvalue weighted by Crippen LogP contribution is 1.88. The van der Waals surface area contributed by atoms with Crippen LogP contribution in [0.5, 0.6) is 0 Å². The SMILES string of the molecule is CCC(=O)CNCCCCS. The Morgan fingerprint density at radius 2 is 2.18 bits per heavy atom. The molecule has 0 atom stereocenters. The third-order valence-electron chi connectivity index (χ3n) is 1.48. The van der Waals surface area contributed by atoms with E-state index in [0.29, 0.717) is 13.0 Å². The molecule has 1 N–H and O–H groups in total. The Balaban J connectivity index is 2.95. The number of unbranched alkanes of at least 4 members (excludes halogenated alkanes) is 1. The van der Waals surface area contributed by atoms with E-state index < -0.39 is 0 Å². The second-order valence-electron chi connectivity index (χ2n) is 2.50. The summed E-state index contributed by atoms with van der Waals surface area (Å²) in [6, 6.07) is 0. The van der Waals surface area contributed by atoms with Gasteiger partial charge in [-0.25, -0.2) is 0 Å². The number of rotatable bonds is 7. The lowest BCUT2D eigenvalue weighted by Gasteiger charge is -2.00. The second kappa shape index (κ2) is 8.08. The Hall–Kier alpha value is -0.0200. The molecular formula is C8H17NOS. The summed E-state index contributed by atoms with van der Waals surface area (Å²) in [5.41, 5.74) is 0. The average molecular weight is 175 g/mol. The summed E-state index contributed by atoms with van der Waals surface area (Å²) in [4.78, 5) is 10.8. The summed E-state index contributed by atoms with van der Waals surface area (Å²) >= 11 is 4.09. The zero-order chi connectivity index (χ0) is 8.53. The Bertz CT molecular complexity index is 106. The highest BCUT2D eigenvalue weighted by molar-refractivity contribution is 7.80. The maximum Gasteiger partial charge on any atom is 0.146 e. The first-order valence-corrected chi connectivity index (χ1v) is 4.77. The first-order chi connectivity index (χ1) is 5.31. The lowest BCUT2D eigenvalue weighted by molar-refractivity contribution is -0.117. The zero-order valence-corrected chi connectivity index (χ0v) is 7.99. The topological polar surface area (TPSA) is 29.1 Å². The van der Waals surface area contributed by atoms with E-state index in [9.17, 15) is 4.79 Å². The highest BCUT2D eigenvalue weighted by atomic mass is 32.1. The second-order valence-corrected chi connectivity index (χ2v) is 2.95. The maximum absolute atomic E-state index is 10.8. The van der Waals surface area contributed by atoms with Crippen molar-refractivity contribution in [2.75, 3.05) is 18.8 Å². The van der Waals surface area contributed by atoms with Gasteiger partial charge in [0.25, 0.3) is 0 Å². The highest BCUT2D eigenvalue weighted by Gasteiger charge is 1.94. The van der Waals surface area contributed by atoms with Crippen LogP contribution in [0.4, 0.5) is 0 Å². The van der Waals surface area contributed by atoms with E-state index in [0.717, 1.165) is 25.1 Å². The molecule has 0 aromatic heterocycles. The molecule has 2 nitrogen and oxygen atoms in total. The molecule has 66 valence electrons. The van der Waals surface area contributed by atoms with Crippen LogP contribution in [-0.4, -0.2) is 24.6 Å². The lowest BCUT2D eigenvalue weighted by Crippen LogP contribution is -2.23. The number of Topliss-reactive ketones (excluding diaryl/α,β-unsaturated/α-hetero) is 1. The van der Waals surface area contributed by atoms with E-state index in [1.165, 1.54) is 0 Å². The van der Waals surface area contributed by atoms with Gasteiger partial charge in [0.15, 0.2) is 0 Å². The number of hydrogen-bond donors (Lipinski definition) is 2. The van der Waals surface area contributed by atoms with Gasteiger partial charge in [0, 0.05) is 6.42 Å². The molecule has 0 saturated carbocycles. The van der Waals surface area contributed by atoms with Gasteiger partial charge in [-0.1, -0.05) is 6.92 Å². The minimum Gasteiger partial charge on any atom is -0.310 e. The number of nitrogens with one attached hydrogen (secondary N) is 1. The molecule has 0 fully saturated rings. The fraction of sp³-hybridized carbons (Fsp3) is 0.875. The van der Waals surface area contributed by atoms with Crippen LogP contribution in [0.25, 0.3) is 0 Å². The molecule has 3 heteroatoms. The number of carbonyl (C=O) groups is 1. The molecule has 0 bridgehead atoms. The van der Waals surface area contributed by atoms with Crippen LogP contribution < -0.4 is 5.32 Å². The molecule has 0 spiro atoms. The molecule has 0 amide bonds. The van der Waals surface area contributed by atoms with Crippen LogP contribution >= 0.6 is 12.6 Å². The van der Waals surface area contributed by atoms with Crippen molar-refractivity contribution in [2.24, 2.45) is 0 Å². The molecular weight excluding hydrogens is 158 g/mol. The Morgan fingerprint density at radius 1 is 1.45 bits per heavy atom. The van der Waals surface area contributed by atoms with Crippen LogP contribution in [0, 0.1) is 0 Å². The molecule has 0 rings (SSSR count). The summed E-state index contributed by atoms with van der Waals surface area (Å²) in [6.07, 6.45) is 2.87. The Morgan fingerprint density at radius 3 is 2.73 bits per heavy atom. The number of thiol groups is 1. The third kappa shape index (κ3) is 7.88. The van der Waals surface area contributed by atoms with Crippen molar-refractivity contribution in [2.45, 2.75) is 26.2 Å². The lowest BCUT2D eigenvalue weighted by atomic mass is 10.3. The van der Waals surface area contributed by atoms with Crippen molar-refractivity contribution in [3.05, 3.63) is 0 Å². The van der Waals surface area contributed by atoms with Crippen molar-refractivity contribution in [1.29, 1.82) is 0 Å². The minimum atomic E-state index is 0.288. The smallest absolute Gasteiger partial charge is 0.146 e. The third-order valence-corrected chi connectivity index (χ3v) is 1.79. The summed E-state index contributed by atoms with van der Waals surface area (Å²) in [6.45, 7) is 3.35. The van der Waals surface area contributed by atoms with E-state index in [1.807, 2.05) is 6.92 Å². The van der Waals surface area contributed by atoms with Gasteiger partial charge in [-0.15, -0.1) is 0 Å². The predicted octanol–water partition coefficient (Wildman–Crippen LogP) is 1.27. The molecule has 0 aliphatic heterocycles. The molecule has 0 aromatic rings. The summed E-state index contributed by atoms with van der Waals surface area (Å²) in [5, 5.41) is 3.09. The first-order valence-electron chi connectivity index (χ1n) is 4.14. The van der Waals surface area contributed by atoms with Crippen molar-refractivity contribution in [1.82, 2.24) is 5.32 Å².